The highest BCUT2D eigenvalue weighted by molar-refractivity contribution is 5.28. The molecule has 0 saturated carbocycles. The van der Waals surface area contributed by atoms with E-state index in [9.17, 15) is 4.39 Å². The second kappa shape index (κ2) is 5.34. The summed E-state index contributed by atoms with van der Waals surface area (Å²) in [6, 6.07) is 4.58. The highest BCUT2D eigenvalue weighted by atomic mass is 19.1. The van der Waals surface area contributed by atoms with Crippen LogP contribution in [-0.2, 0) is 9.47 Å². The van der Waals surface area contributed by atoms with Gasteiger partial charge in [-0.05, 0) is 30.2 Å². The number of hydrogen-bond donors (Lipinski definition) is 1. The molecule has 3 nitrogen and oxygen atoms in total. The van der Waals surface area contributed by atoms with Crippen molar-refractivity contribution in [3.8, 4) is 0 Å². The number of methoxy groups -OCH3 is 1. The van der Waals surface area contributed by atoms with E-state index in [1.54, 1.807) is 7.11 Å². The summed E-state index contributed by atoms with van der Waals surface area (Å²) in [5.41, 5.74) is 7.52. The number of halogens is 1. The number of benzene rings is 1. The molecule has 1 fully saturated rings. The fourth-order valence-electron chi connectivity index (χ4n) is 2.61. The molecule has 100 valence electrons. The van der Waals surface area contributed by atoms with Gasteiger partial charge in [-0.25, -0.2) is 4.39 Å². The topological polar surface area (TPSA) is 44.5 Å². The molecule has 0 radical (unpaired) electrons. The highest BCUT2D eigenvalue weighted by Crippen LogP contribution is 2.36. The molecule has 1 aliphatic rings. The monoisotopic (exact) mass is 253 g/mol. The molecule has 1 heterocycles. The minimum atomic E-state index is -0.446. The Morgan fingerprint density at radius 1 is 1.33 bits per heavy atom. The first kappa shape index (κ1) is 13.5. The Morgan fingerprint density at radius 2 is 2.00 bits per heavy atom. The summed E-state index contributed by atoms with van der Waals surface area (Å²) in [5.74, 6) is -0.251. The summed E-state index contributed by atoms with van der Waals surface area (Å²) >= 11 is 0. The first-order chi connectivity index (χ1) is 8.57. The third kappa shape index (κ3) is 2.55. The fraction of sp³-hybridized carbons (Fsp3) is 0.571. The molecule has 1 aromatic rings. The molecule has 0 amide bonds. The van der Waals surface area contributed by atoms with Crippen LogP contribution in [0.1, 0.15) is 30.0 Å². The summed E-state index contributed by atoms with van der Waals surface area (Å²) in [7, 11) is 1.66. The van der Waals surface area contributed by atoms with Gasteiger partial charge in [-0.3, -0.25) is 0 Å². The van der Waals surface area contributed by atoms with Gasteiger partial charge in [0.25, 0.3) is 0 Å². The minimum Gasteiger partial charge on any atom is -0.381 e. The molecule has 1 aromatic carbocycles. The summed E-state index contributed by atoms with van der Waals surface area (Å²) in [5, 5.41) is 0. The zero-order valence-electron chi connectivity index (χ0n) is 10.9. The van der Waals surface area contributed by atoms with Crippen molar-refractivity contribution in [2.45, 2.75) is 31.4 Å². The molecule has 1 unspecified atom stereocenters. The number of hydrogen-bond acceptors (Lipinski definition) is 3. The second-order valence-corrected chi connectivity index (χ2v) is 4.92. The van der Waals surface area contributed by atoms with Crippen LogP contribution in [0.25, 0.3) is 0 Å². The van der Waals surface area contributed by atoms with Gasteiger partial charge in [0.05, 0.1) is 11.6 Å². The molecule has 2 N–H and O–H groups in total. The van der Waals surface area contributed by atoms with E-state index in [4.69, 9.17) is 15.2 Å². The SMILES string of the molecule is COC1(C(N)c2cc(C)cc(F)c2)CCOCC1. The van der Waals surface area contributed by atoms with Gasteiger partial charge < -0.3 is 15.2 Å². The predicted octanol–water partition coefficient (Wildman–Crippen LogP) is 2.33. The van der Waals surface area contributed by atoms with Crippen LogP contribution < -0.4 is 5.73 Å². The van der Waals surface area contributed by atoms with Crippen LogP contribution in [0.3, 0.4) is 0 Å². The second-order valence-electron chi connectivity index (χ2n) is 4.92. The maximum absolute atomic E-state index is 13.5. The summed E-state index contributed by atoms with van der Waals surface area (Å²) < 4.78 is 24.5. The molecule has 1 atom stereocenters. The number of nitrogens with two attached hydrogens (primary N) is 1. The maximum atomic E-state index is 13.5. The van der Waals surface area contributed by atoms with Crippen LogP contribution in [0.5, 0.6) is 0 Å². The van der Waals surface area contributed by atoms with E-state index in [0.717, 1.165) is 24.0 Å². The van der Waals surface area contributed by atoms with Crippen LogP contribution in [-0.4, -0.2) is 25.9 Å². The molecule has 0 bridgehead atoms. The van der Waals surface area contributed by atoms with Crippen LogP contribution in [0, 0.1) is 12.7 Å². The van der Waals surface area contributed by atoms with E-state index in [2.05, 4.69) is 0 Å². The van der Waals surface area contributed by atoms with Crippen LogP contribution in [0.15, 0.2) is 18.2 Å². The zero-order valence-corrected chi connectivity index (χ0v) is 10.9. The van der Waals surface area contributed by atoms with Crippen molar-refractivity contribution in [2.24, 2.45) is 5.73 Å². The van der Waals surface area contributed by atoms with E-state index < -0.39 is 5.60 Å². The predicted molar refractivity (Wildman–Crippen MR) is 67.9 cm³/mol. The van der Waals surface area contributed by atoms with E-state index in [1.807, 2.05) is 13.0 Å². The van der Waals surface area contributed by atoms with Crippen molar-refractivity contribution < 1.29 is 13.9 Å². The van der Waals surface area contributed by atoms with E-state index in [0.29, 0.717) is 13.2 Å². The number of ether oxygens (including phenoxy) is 2. The van der Waals surface area contributed by atoms with E-state index in [1.165, 1.54) is 12.1 Å². The number of rotatable bonds is 3. The van der Waals surface area contributed by atoms with E-state index in [-0.39, 0.29) is 11.9 Å². The normalized spacial score (nSPS) is 20.7. The third-order valence-electron chi connectivity index (χ3n) is 3.74. The molecule has 0 aliphatic carbocycles. The van der Waals surface area contributed by atoms with Crippen LogP contribution in [0.2, 0.25) is 0 Å². The van der Waals surface area contributed by atoms with Gasteiger partial charge in [0.15, 0.2) is 0 Å². The largest absolute Gasteiger partial charge is 0.381 e. The summed E-state index contributed by atoms with van der Waals surface area (Å²) in [4.78, 5) is 0. The van der Waals surface area contributed by atoms with E-state index >= 15 is 0 Å². The lowest BCUT2D eigenvalue weighted by Gasteiger charge is -2.40. The van der Waals surface area contributed by atoms with Crippen molar-refractivity contribution in [3.63, 3.8) is 0 Å². The molecule has 4 heteroatoms. The first-order valence-electron chi connectivity index (χ1n) is 6.23. The van der Waals surface area contributed by atoms with Crippen molar-refractivity contribution >= 4 is 0 Å². The minimum absolute atomic E-state index is 0.251. The average Bonchev–Trinajstić information content (AvgIpc) is 2.37. The van der Waals surface area contributed by atoms with Crippen molar-refractivity contribution in [1.82, 2.24) is 0 Å². The molecular formula is C14H20FNO2. The Hall–Kier alpha value is -0.970. The number of aryl methyl sites for hydroxylation is 1. The van der Waals surface area contributed by atoms with Crippen molar-refractivity contribution in [2.75, 3.05) is 20.3 Å². The van der Waals surface area contributed by atoms with Gasteiger partial charge >= 0.3 is 0 Å². The van der Waals surface area contributed by atoms with Gasteiger partial charge in [-0.2, -0.15) is 0 Å². The van der Waals surface area contributed by atoms with Gasteiger partial charge in [0.2, 0.25) is 0 Å². The van der Waals surface area contributed by atoms with Crippen molar-refractivity contribution in [3.05, 3.63) is 35.1 Å². The van der Waals surface area contributed by atoms with Gasteiger partial charge in [-0.1, -0.05) is 6.07 Å². The zero-order chi connectivity index (χ0) is 13.2. The smallest absolute Gasteiger partial charge is 0.123 e. The molecule has 18 heavy (non-hydrogen) atoms. The molecule has 1 aliphatic heterocycles. The Kier molecular flexibility index (Phi) is 4.00. The lowest BCUT2D eigenvalue weighted by molar-refractivity contribution is -0.105. The summed E-state index contributed by atoms with van der Waals surface area (Å²) in [6.45, 7) is 3.13. The first-order valence-corrected chi connectivity index (χ1v) is 6.23. The Bertz CT molecular complexity index is 396. The van der Waals surface area contributed by atoms with Crippen LogP contribution >= 0.6 is 0 Å². The van der Waals surface area contributed by atoms with Gasteiger partial charge in [0.1, 0.15) is 5.82 Å². The van der Waals surface area contributed by atoms with Crippen LogP contribution in [0.4, 0.5) is 4.39 Å². The van der Waals surface area contributed by atoms with Crippen molar-refractivity contribution in [1.29, 1.82) is 0 Å². The highest BCUT2D eigenvalue weighted by Gasteiger charge is 2.39. The molecular weight excluding hydrogens is 233 g/mol. The maximum Gasteiger partial charge on any atom is 0.123 e. The standard InChI is InChI=1S/C14H20FNO2/c1-10-7-11(9-12(15)8-10)13(16)14(17-2)3-5-18-6-4-14/h7-9,13H,3-6,16H2,1-2H3. The average molecular weight is 253 g/mol. The summed E-state index contributed by atoms with van der Waals surface area (Å²) in [6.07, 6.45) is 1.47. The van der Waals surface area contributed by atoms with Gasteiger partial charge in [0, 0.05) is 33.2 Å². The molecule has 0 spiro atoms. The van der Waals surface area contributed by atoms with Gasteiger partial charge in [-0.15, -0.1) is 0 Å². The fourth-order valence-corrected chi connectivity index (χ4v) is 2.61. The molecule has 0 aromatic heterocycles. The Morgan fingerprint density at radius 3 is 2.56 bits per heavy atom. The third-order valence-corrected chi connectivity index (χ3v) is 3.74. The lowest BCUT2D eigenvalue weighted by Crippen LogP contribution is -2.47. The molecule has 2 rings (SSSR count). The Balaban J connectivity index is 2.30. The quantitative estimate of drug-likeness (QED) is 0.899. The molecule has 1 saturated heterocycles. The lowest BCUT2D eigenvalue weighted by atomic mass is 9.82. The Labute approximate surface area is 107 Å².